The summed E-state index contributed by atoms with van der Waals surface area (Å²) in [6.07, 6.45) is 10.6. The smallest absolute Gasteiger partial charge is 0.225 e. The highest BCUT2D eigenvalue weighted by Crippen LogP contribution is 2.36. The molecule has 2 aliphatic heterocycles. The molecule has 0 atom stereocenters. The van der Waals surface area contributed by atoms with Crippen molar-refractivity contribution in [1.82, 2.24) is 4.90 Å². The van der Waals surface area contributed by atoms with Gasteiger partial charge in [-0.3, -0.25) is 4.79 Å². The van der Waals surface area contributed by atoms with E-state index < -0.39 is 0 Å². The summed E-state index contributed by atoms with van der Waals surface area (Å²) in [5.41, 5.74) is 0.130. The van der Waals surface area contributed by atoms with E-state index in [9.17, 15) is 4.79 Å². The third-order valence-corrected chi connectivity index (χ3v) is 5.13. The van der Waals surface area contributed by atoms with E-state index in [4.69, 9.17) is 4.74 Å². The molecule has 2 heterocycles. The Kier molecular flexibility index (Phi) is 3.60. The first-order chi connectivity index (χ1) is 8.79. The first-order valence-electron chi connectivity index (χ1n) is 7.72. The van der Waals surface area contributed by atoms with Gasteiger partial charge in [0.15, 0.2) is 0 Å². The number of nitrogens with zero attached hydrogens (tertiary/aromatic N) is 1. The van der Waals surface area contributed by atoms with Crippen molar-refractivity contribution in [2.45, 2.75) is 63.4 Å². The summed E-state index contributed by atoms with van der Waals surface area (Å²) >= 11 is 0. The Labute approximate surface area is 110 Å². The topological polar surface area (TPSA) is 29.5 Å². The van der Waals surface area contributed by atoms with Gasteiger partial charge in [-0.25, -0.2) is 0 Å². The van der Waals surface area contributed by atoms with Gasteiger partial charge in [-0.2, -0.15) is 0 Å². The molecule has 102 valence electrons. The number of ether oxygens (including phenoxy) is 1. The van der Waals surface area contributed by atoms with E-state index in [1.807, 2.05) is 0 Å². The van der Waals surface area contributed by atoms with Crippen LogP contribution in [-0.4, -0.2) is 36.1 Å². The molecule has 3 rings (SSSR count). The van der Waals surface area contributed by atoms with Crippen LogP contribution in [0.4, 0.5) is 0 Å². The van der Waals surface area contributed by atoms with Gasteiger partial charge in [0.1, 0.15) is 0 Å². The average molecular weight is 251 g/mol. The van der Waals surface area contributed by atoms with Gasteiger partial charge in [-0.1, -0.05) is 12.8 Å². The molecule has 0 unspecified atom stereocenters. The zero-order valence-corrected chi connectivity index (χ0v) is 11.3. The Balaban J connectivity index is 1.54. The molecule has 0 aromatic heterocycles. The molecule has 3 heteroatoms. The zero-order chi connectivity index (χ0) is 12.4. The van der Waals surface area contributed by atoms with Crippen LogP contribution in [0.15, 0.2) is 0 Å². The largest absolute Gasteiger partial charge is 0.375 e. The molecular weight excluding hydrogens is 226 g/mol. The van der Waals surface area contributed by atoms with Crippen molar-refractivity contribution >= 4 is 5.91 Å². The van der Waals surface area contributed by atoms with Crippen molar-refractivity contribution in [3.8, 4) is 0 Å². The Bertz CT molecular complexity index is 294. The summed E-state index contributed by atoms with van der Waals surface area (Å²) in [6.45, 7) is 2.78. The molecule has 0 bridgehead atoms. The number of likely N-dealkylation sites (tertiary alicyclic amines) is 1. The van der Waals surface area contributed by atoms with Crippen molar-refractivity contribution in [3.63, 3.8) is 0 Å². The highest BCUT2D eigenvalue weighted by atomic mass is 16.5. The summed E-state index contributed by atoms with van der Waals surface area (Å²) in [6, 6.07) is 0. The molecule has 1 amide bonds. The first-order valence-corrected chi connectivity index (χ1v) is 7.72. The average Bonchev–Trinajstić information content (AvgIpc) is 2.94. The lowest BCUT2D eigenvalue weighted by Gasteiger charge is -2.44. The van der Waals surface area contributed by atoms with E-state index in [2.05, 4.69) is 4.90 Å². The maximum absolute atomic E-state index is 12.4. The quantitative estimate of drug-likeness (QED) is 0.717. The lowest BCUT2D eigenvalue weighted by atomic mass is 9.84. The van der Waals surface area contributed by atoms with Crippen LogP contribution in [0, 0.1) is 5.92 Å². The second-order valence-electron chi connectivity index (χ2n) is 6.30. The van der Waals surface area contributed by atoms with Gasteiger partial charge < -0.3 is 9.64 Å². The summed E-state index contributed by atoms with van der Waals surface area (Å²) < 4.78 is 6.02. The lowest BCUT2D eigenvalue weighted by Crippen LogP contribution is -2.50. The molecule has 1 saturated carbocycles. The minimum atomic E-state index is 0.130. The van der Waals surface area contributed by atoms with Crippen LogP contribution in [-0.2, 0) is 9.53 Å². The maximum atomic E-state index is 12.4. The maximum Gasteiger partial charge on any atom is 0.225 e. The van der Waals surface area contributed by atoms with Gasteiger partial charge >= 0.3 is 0 Å². The number of amides is 1. The van der Waals surface area contributed by atoms with Crippen LogP contribution < -0.4 is 0 Å². The lowest BCUT2D eigenvalue weighted by molar-refractivity contribution is -0.146. The van der Waals surface area contributed by atoms with E-state index in [1.165, 1.54) is 32.1 Å². The number of carbonyl (C=O) groups excluding carboxylic acids is 1. The van der Waals surface area contributed by atoms with E-state index in [0.29, 0.717) is 11.8 Å². The molecule has 18 heavy (non-hydrogen) atoms. The van der Waals surface area contributed by atoms with Gasteiger partial charge in [0, 0.05) is 25.6 Å². The Morgan fingerprint density at radius 1 is 1.00 bits per heavy atom. The number of carbonyl (C=O) groups is 1. The molecule has 0 aromatic carbocycles. The number of hydrogen-bond donors (Lipinski definition) is 0. The predicted octanol–water partition coefficient (Wildman–Crippen LogP) is 2.74. The van der Waals surface area contributed by atoms with Gasteiger partial charge in [0.2, 0.25) is 5.91 Å². The Morgan fingerprint density at radius 3 is 2.33 bits per heavy atom. The SMILES string of the molecule is O=C(C1CCCC1)N1CCC2(CCCCO2)CC1. The third-order valence-electron chi connectivity index (χ3n) is 5.13. The van der Waals surface area contributed by atoms with Crippen LogP contribution in [0.2, 0.25) is 0 Å². The van der Waals surface area contributed by atoms with E-state index in [1.54, 1.807) is 0 Å². The summed E-state index contributed by atoms with van der Waals surface area (Å²) in [4.78, 5) is 14.5. The van der Waals surface area contributed by atoms with Crippen LogP contribution >= 0.6 is 0 Å². The van der Waals surface area contributed by atoms with Crippen LogP contribution in [0.3, 0.4) is 0 Å². The molecule has 0 radical (unpaired) electrons. The number of hydrogen-bond acceptors (Lipinski definition) is 2. The Morgan fingerprint density at radius 2 is 1.72 bits per heavy atom. The molecule has 3 fully saturated rings. The second-order valence-corrected chi connectivity index (χ2v) is 6.30. The highest BCUT2D eigenvalue weighted by Gasteiger charge is 2.39. The van der Waals surface area contributed by atoms with Crippen molar-refractivity contribution in [2.24, 2.45) is 5.92 Å². The number of piperidine rings is 1. The van der Waals surface area contributed by atoms with Gasteiger partial charge in [-0.05, 0) is 44.9 Å². The minimum absolute atomic E-state index is 0.130. The molecule has 0 aromatic rings. The van der Waals surface area contributed by atoms with Gasteiger partial charge in [0.05, 0.1) is 5.60 Å². The zero-order valence-electron chi connectivity index (χ0n) is 11.3. The minimum Gasteiger partial charge on any atom is -0.375 e. The molecule has 2 saturated heterocycles. The molecule has 3 aliphatic rings. The monoisotopic (exact) mass is 251 g/mol. The standard InChI is InChI=1S/C15H25NO2/c17-14(13-5-1-2-6-13)16-10-8-15(9-11-16)7-3-4-12-18-15/h13H,1-12H2. The van der Waals surface area contributed by atoms with Crippen LogP contribution in [0.25, 0.3) is 0 Å². The van der Waals surface area contributed by atoms with Crippen LogP contribution in [0.1, 0.15) is 57.8 Å². The summed E-state index contributed by atoms with van der Waals surface area (Å²) in [5, 5.41) is 0. The van der Waals surface area contributed by atoms with Gasteiger partial charge in [0.25, 0.3) is 0 Å². The van der Waals surface area contributed by atoms with Crippen molar-refractivity contribution in [2.75, 3.05) is 19.7 Å². The van der Waals surface area contributed by atoms with Crippen molar-refractivity contribution < 1.29 is 9.53 Å². The fourth-order valence-corrected chi connectivity index (χ4v) is 3.87. The van der Waals surface area contributed by atoms with E-state index >= 15 is 0 Å². The molecular formula is C15H25NO2. The van der Waals surface area contributed by atoms with Crippen molar-refractivity contribution in [1.29, 1.82) is 0 Å². The highest BCUT2D eigenvalue weighted by molar-refractivity contribution is 5.79. The molecule has 1 aliphatic carbocycles. The van der Waals surface area contributed by atoms with E-state index in [-0.39, 0.29) is 5.60 Å². The molecule has 3 nitrogen and oxygen atoms in total. The predicted molar refractivity (Wildman–Crippen MR) is 70.3 cm³/mol. The summed E-state index contributed by atoms with van der Waals surface area (Å²) in [5.74, 6) is 0.768. The number of rotatable bonds is 1. The Hall–Kier alpha value is -0.570. The normalized spacial score (nSPS) is 28.8. The summed E-state index contributed by atoms with van der Waals surface area (Å²) in [7, 11) is 0. The fourth-order valence-electron chi connectivity index (χ4n) is 3.87. The second kappa shape index (κ2) is 5.20. The molecule has 0 N–H and O–H groups in total. The van der Waals surface area contributed by atoms with Crippen LogP contribution in [0.5, 0.6) is 0 Å². The molecule has 1 spiro atoms. The van der Waals surface area contributed by atoms with Crippen molar-refractivity contribution in [3.05, 3.63) is 0 Å². The fraction of sp³-hybridized carbons (Fsp3) is 0.933. The van der Waals surface area contributed by atoms with E-state index in [0.717, 1.165) is 45.4 Å². The third kappa shape index (κ3) is 2.42. The first kappa shape index (κ1) is 12.5. The van der Waals surface area contributed by atoms with Gasteiger partial charge in [-0.15, -0.1) is 0 Å².